The molecule has 3 rings (SSSR count). The second-order valence-corrected chi connectivity index (χ2v) is 6.71. The maximum absolute atomic E-state index is 3.56. The Hall–Kier alpha value is -1.28. The monoisotopic (exact) mass is 301 g/mol. The van der Waals surface area contributed by atoms with Crippen molar-refractivity contribution in [2.24, 2.45) is 0 Å². The fourth-order valence-corrected chi connectivity index (χ4v) is 2.88. The van der Waals surface area contributed by atoms with Crippen molar-refractivity contribution in [2.75, 3.05) is 0 Å². The van der Waals surface area contributed by atoms with E-state index < -0.39 is 0 Å². The summed E-state index contributed by atoms with van der Waals surface area (Å²) in [4.78, 5) is 3.56. The zero-order valence-electron chi connectivity index (χ0n) is 10.8. The van der Waals surface area contributed by atoms with Crippen molar-refractivity contribution in [1.82, 2.24) is 4.98 Å². The van der Waals surface area contributed by atoms with Gasteiger partial charge in [0, 0.05) is 20.8 Å². The number of benzene rings is 2. The quantitative estimate of drug-likeness (QED) is 0.574. The smallest absolute Gasteiger partial charge is 0.0502 e. The largest absolute Gasteiger partial charge is 0.354 e. The molecule has 0 bridgehead atoms. The van der Waals surface area contributed by atoms with E-state index in [0.29, 0.717) is 0 Å². The zero-order valence-corrected chi connectivity index (χ0v) is 12.4. The van der Waals surface area contributed by atoms with Crippen molar-refractivity contribution in [3.8, 4) is 0 Å². The van der Waals surface area contributed by atoms with Gasteiger partial charge in [0.05, 0.1) is 5.52 Å². The predicted molar refractivity (Wildman–Crippen MR) is 82.2 cm³/mol. The third kappa shape index (κ3) is 1.76. The summed E-state index contributed by atoms with van der Waals surface area (Å²) in [6.45, 7) is 6.76. The molecule has 0 saturated heterocycles. The first kappa shape index (κ1) is 11.8. The summed E-state index contributed by atoms with van der Waals surface area (Å²) >= 11 is 3.55. The molecule has 1 nitrogen and oxygen atoms in total. The minimum Gasteiger partial charge on any atom is -0.354 e. The zero-order chi connectivity index (χ0) is 12.9. The molecule has 0 amide bonds. The molecule has 0 aliphatic carbocycles. The third-order valence-electron chi connectivity index (χ3n) is 3.40. The molecule has 18 heavy (non-hydrogen) atoms. The van der Waals surface area contributed by atoms with Gasteiger partial charge in [0.15, 0.2) is 0 Å². The van der Waals surface area contributed by atoms with Gasteiger partial charge in [0.25, 0.3) is 0 Å². The highest BCUT2D eigenvalue weighted by Crippen LogP contribution is 2.34. The molecule has 0 saturated carbocycles. The van der Waals surface area contributed by atoms with Gasteiger partial charge in [-0.15, -0.1) is 0 Å². The molecule has 92 valence electrons. The lowest BCUT2D eigenvalue weighted by atomic mass is 9.86. The fourth-order valence-electron chi connectivity index (χ4n) is 2.52. The molecule has 0 atom stereocenters. The summed E-state index contributed by atoms with van der Waals surface area (Å²) in [6, 6.07) is 12.9. The van der Waals surface area contributed by atoms with Gasteiger partial charge < -0.3 is 4.98 Å². The number of hydrogen-bond donors (Lipinski definition) is 1. The second-order valence-electron chi connectivity index (χ2n) is 5.79. The van der Waals surface area contributed by atoms with Crippen molar-refractivity contribution in [3.05, 3.63) is 46.4 Å². The van der Waals surface area contributed by atoms with Crippen molar-refractivity contribution in [3.63, 3.8) is 0 Å². The van der Waals surface area contributed by atoms with E-state index in [1.165, 1.54) is 27.4 Å². The van der Waals surface area contributed by atoms with Crippen LogP contribution >= 0.6 is 15.9 Å². The molecular weight excluding hydrogens is 286 g/mol. The Kier molecular flexibility index (Phi) is 2.53. The van der Waals surface area contributed by atoms with Crippen LogP contribution < -0.4 is 0 Å². The molecule has 1 N–H and O–H groups in total. The number of rotatable bonds is 0. The van der Waals surface area contributed by atoms with Crippen LogP contribution in [0.5, 0.6) is 0 Å². The van der Waals surface area contributed by atoms with Gasteiger partial charge in [-0.3, -0.25) is 0 Å². The van der Waals surface area contributed by atoms with Crippen molar-refractivity contribution in [1.29, 1.82) is 0 Å². The maximum Gasteiger partial charge on any atom is 0.0502 e. The molecule has 0 unspecified atom stereocenters. The standard InChI is InChI=1S/C16H16BrN/c1-16(2,3)13-6-4-5-11-12-9-10(17)7-8-14(12)18-15(11)13/h4-9,18H,1-3H3. The summed E-state index contributed by atoms with van der Waals surface area (Å²) in [5, 5.41) is 2.59. The van der Waals surface area contributed by atoms with E-state index in [4.69, 9.17) is 0 Å². The van der Waals surface area contributed by atoms with Gasteiger partial charge in [-0.1, -0.05) is 54.9 Å². The summed E-state index contributed by atoms with van der Waals surface area (Å²) in [7, 11) is 0. The van der Waals surface area contributed by atoms with Crippen molar-refractivity contribution < 1.29 is 0 Å². The van der Waals surface area contributed by atoms with E-state index in [2.05, 4.69) is 78.1 Å². The average molecular weight is 302 g/mol. The van der Waals surface area contributed by atoms with Gasteiger partial charge in [-0.2, -0.15) is 0 Å². The van der Waals surface area contributed by atoms with Gasteiger partial charge in [0.1, 0.15) is 0 Å². The first-order valence-electron chi connectivity index (χ1n) is 6.17. The minimum absolute atomic E-state index is 0.150. The van der Waals surface area contributed by atoms with Crippen LogP contribution in [0.25, 0.3) is 21.8 Å². The highest BCUT2D eigenvalue weighted by Gasteiger charge is 2.18. The van der Waals surface area contributed by atoms with Crippen LogP contribution in [0, 0.1) is 0 Å². The molecule has 2 aromatic carbocycles. The topological polar surface area (TPSA) is 15.8 Å². The number of nitrogens with one attached hydrogen (secondary N) is 1. The average Bonchev–Trinajstić information content (AvgIpc) is 2.65. The molecule has 1 aromatic heterocycles. The van der Waals surface area contributed by atoms with E-state index in [9.17, 15) is 0 Å². The van der Waals surface area contributed by atoms with E-state index in [1.807, 2.05) is 0 Å². The molecule has 0 fully saturated rings. The third-order valence-corrected chi connectivity index (χ3v) is 3.90. The number of fused-ring (bicyclic) bond motifs is 3. The molecule has 0 spiro atoms. The Morgan fingerprint density at radius 2 is 1.78 bits per heavy atom. The number of para-hydroxylation sites is 1. The Morgan fingerprint density at radius 3 is 2.50 bits per heavy atom. The molecule has 0 radical (unpaired) electrons. The number of aromatic amines is 1. The normalized spacial score (nSPS) is 12.4. The van der Waals surface area contributed by atoms with Crippen LogP contribution in [0.2, 0.25) is 0 Å². The Balaban J connectivity index is 2.47. The molecule has 0 aliphatic heterocycles. The number of H-pyrrole nitrogens is 1. The first-order valence-corrected chi connectivity index (χ1v) is 6.96. The number of halogens is 1. The summed E-state index contributed by atoms with van der Waals surface area (Å²) in [5.41, 5.74) is 3.98. The lowest BCUT2D eigenvalue weighted by Gasteiger charge is -2.19. The fraction of sp³-hybridized carbons (Fsp3) is 0.250. The van der Waals surface area contributed by atoms with E-state index in [0.717, 1.165) is 4.47 Å². The molecular formula is C16H16BrN. The van der Waals surface area contributed by atoms with E-state index >= 15 is 0 Å². The SMILES string of the molecule is CC(C)(C)c1cccc2c1[nH]c1ccc(Br)cc12. The van der Waals surface area contributed by atoms with Crippen LogP contribution in [0.15, 0.2) is 40.9 Å². The second kappa shape index (κ2) is 3.86. The minimum atomic E-state index is 0.150. The van der Waals surface area contributed by atoms with Crippen molar-refractivity contribution >= 4 is 37.7 Å². The summed E-state index contributed by atoms with van der Waals surface area (Å²) in [5.74, 6) is 0. The molecule has 0 aliphatic rings. The van der Waals surface area contributed by atoms with E-state index in [1.54, 1.807) is 0 Å². The van der Waals surface area contributed by atoms with Crippen LogP contribution in [0.1, 0.15) is 26.3 Å². The van der Waals surface area contributed by atoms with E-state index in [-0.39, 0.29) is 5.41 Å². The maximum atomic E-state index is 3.56. The van der Waals surface area contributed by atoms with Gasteiger partial charge in [0.2, 0.25) is 0 Å². The van der Waals surface area contributed by atoms with Gasteiger partial charge in [-0.05, 0) is 29.2 Å². The molecule has 1 heterocycles. The highest BCUT2D eigenvalue weighted by molar-refractivity contribution is 9.10. The number of hydrogen-bond acceptors (Lipinski definition) is 0. The van der Waals surface area contributed by atoms with Crippen LogP contribution in [0.4, 0.5) is 0 Å². The Morgan fingerprint density at radius 1 is 1.00 bits per heavy atom. The van der Waals surface area contributed by atoms with Crippen LogP contribution in [-0.2, 0) is 5.41 Å². The van der Waals surface area contributed by atoms with Gasteiger partial charge in [-0.25, -0.2) is 0 Å². The predicted octanol–water partition coefficient (Wildman–Crippen LogP) is 5.38. The van der Waals surface area contributed by atoms with Crippen LogP contribution in [-0.4, -0.2) is 4.98 Å². The Labute approximate surface area is 115 Å². The number of aromatic nitrogens is 1. The molecule has 2 heteroatoms. The van der Waals surface area contributed by atoms with Crippen molar-refractivity contribution in [2.45, 2.75) is 26.2 Å². The Bertz CT molecular complexity index is 732. The first-order chi connectivity index (χ1) is 8.47. The molecule has 3 aromatic rings. The van der Waals surface area contributed by atoms with Gasteiger partial charge >= 0.3 is 0 Å². The highest BCUT2D eigenvalue weighted by atomic mass is 79.9. The summed E-state index contributed by atoms with van der Waals surface area (Å²) in [6.07, 6.45) is 0. The lowest BCUT2D eigenvalue weighted by Crippen LogP contribution is -2.11. The summed E-state index contributed by atoms with van der Waals surface area (Å²) < 4.78 is 1.12. The van der Waals surface area contributed by atoms with Crippen LogP contribution in [0.3, 0.4) is 0 Å². The lowest BCUT2D eigenvalue weighted by molar-refractivity contribution is 0.595.